The van der Waals surface area contributed by atoms with Gasteiger partial charge in [-0.3, -0.25) is 9.78 Å². The van der Waals surface area contributed by atoms with Crippen LogP contribution in [0.25, 0.3) is 10.9 Å². The predicted molar refractivity (Wildman–Crippen MR) is 77.8 cm³/mol. The second-order valence-electron chi connectivity index (χ2n) is 4.45. The third kappa shape index (κ3) is 2.28. The van der Waals surface area contributed by atoms with Crippen LogP contribution in [0.3, 0.4) is 0 Å². The fraction of sp³-hybridized carbons (Fsp3) is 0.125. The summed E-state index contributed by atoms with van der Waals surface area (Å²) in [5.74, 6) is 0.851. The highest BCUT2D eigenvalue weighted by Gasteiger charge is 2.12. The number of amides is 1. The molecule has 100 valence electrons. The van der Waals surface area contributed by atoms with Crippen LogP contribution < -0.4 is 5.32 Å². The van der Waals surface area contributed by atoms with Crippen molar-refractivity contribution in [1.29, 1.82) is 0 Å². The van der Waals surface area contributed by atoms with Crippen molar-refractivity contribution in [2.75, 3.05) is 5.32 Å². The predicted octanol–water partition coefficient (Wildman–Crippen LogP) is 3.64. The fourth-order valence-corrected chi connectivity index (χ4v) is 2.08. The standard InChI is InChI=1S/C16H14N2O2/c1-2-12-8-9-14(20-12)16(19)18-13-7-3-5-11-6-4-10-17-15(11)13/h3-10H,2H2,1H3,(H,18,19). The normalized spacial score (nSPS) is 10.7. The molecule has 0 bridgehead atoms. The van der Waals surface area contributed by atoms with Crippen molar-refractivity contribution in [2.24, 2.45) is 0 Å². The Morgan fingerprint density at radius 2 is 2.05 bits per heavy atom. The molecule has 20 heavy (non-hydrogen) atoms. The van der Waals surface area contributed by atoms with Gasteiger partial charge in [0.15, 0.2) is 5.76 Å². The Balaban J connectivity index is 1.91. The molecule has 2 heterocycles. The first-order valence-corrected chi connectivity index (χ1v) is 6.51. The van der Waals surface area contributed by atoms with Gasteiger partial charge in [-0.2, -0.15) is 0 Å². The molecule has 4 nitrogen and oxygen atoms in total. The zero-order valence-corrected chi connectivity index (χ0v) is 11.1. The minimum Gasteiger partial charge on any atom is -0.456 e. The lowest BCUT2D eigenvalue weighted by molar-refractivity contribution is 0.0995. The number of benzene rings is 1. The monoisotopic (exact) mass is 266 g/mol. The van der Waals surface area contributed by atoms with Crippen molar-refractivity contribution in [2.45, 2.75) is 13.3 Å². The molecule has 3 aromatic rings. The number of aromatic nitrogens is 1. The van der Waals surface area contributed by atoms with Crippen molar-refractivity contribution in [1.82, 2.24) is 4.98 Å². The summed E-state index contributed by atoms with van der Waals surface area (Å²) in [6.07, 6.45) is 2.48. The Hall–Kier alpha value is -2.62. The third-order valence-corrected chi connectivity index (χ3v) is 3.11. The summed E-state index contributed by atoms with van der Waals surface area (Å²) >= 11 is 0. The van der Waals surface area contributed by atoms with E-state index in [4.69, 9.17) is 4.42 Å². The molecule has 1 amide bonds. The molecule has 0 aliphatic carbocycles. The van der Waals surface area contributed by atoms with Crippen LogP contribution in [0.15, 0.2) is 53.1 Å². The first kappa shape index (κ1) is 12.4. The lowest BCUT2D eigenvalue weighted by atomic mass is 10.2. The van der Waals surface area contributed by atoms with E-state index in [-0.39, 0.29) is 5.91 Å². The molecule has 1 N–H and O–H groups in total. The van der Waals surface area contributed by atoms with E-state index in [1.54, 1.807) is 12.3 Å². The van der Waals surface area contributed by atoms with E-state index < -0.39 is 0 Å². The zero-order chi connectivity index (χ0) is 13.9. The number of pyridine rings is 1. The van der Waals surface area contributed by atoms with Gasteiger partial charge in [0.05, 0.1) is 11.2 Å². The maximum Gasteiger partial charge on any atom is 0.291 e. The highest BCUT2D eigenvalue weighted by molar-refractivity contribution is 6.06. The Morgan fingerprint density at radius 1 is 1.20 bits per heavy atom. The molecule has 0 saturated carbocycles. The van der Waals surface area contributed by atoms with Crippen LogP contribution >= 0.6 is 0 Å². The number of carbonyl (C=O) groups excluding carboxylic acids is 1. The molecule has 0 spiro atoms. The number of hydrogen-bond donors (Lipinski definition) is 1. The van der Waals surface area contributed by atoms with Crippen LogP contribution in [0.5, 0.6) is 0 Å². The minimum atomic E-state index is -0.261. The average Bonchev–Trinajstić information content (AvgIpc) is 2.97. The second kappa shape index (κ2) is 5.17. The number of hydrogen-bond acceptors (Lipinski definition) is 3. The van der Waals surface area contributed by atoms with Gasteiger partial charge in [-0.1, -0.05) is 25.1 Å². The number of para-hydroxylation sites is 1. The van der Waals surface area contributed by atoms with Gasteiger partial charge < -0.3 is 9.73 Å². The summed E-state index contributed by atoms with van der Waals surface area (Å²) in [4.78, 5) is 16.5. The van der Waals surface area contributed by atoms with Crippen molar-refractivity contribution in [3.8, 4) is 0 Å². The van der Waals surface area contributed by atoms with E-state index in [0.29, 0.717) is 11.4 Å². The van der Waals surface area contributed by atoms with E-state index in [1.807, 2.05) is 43.3 Å². The molecular formula is C16H14N2O2. The molecule has 0 fully saturated rings. The van der Waals surface area contributed by atoms with Crippen LogP contribution in [0.2, 0.25) is 0 Å². The van der Waals surface area contributed by atoms with Crippen molar-refractivity contribution in [3.63, 3.8) is 0 Å². The smallest absolute Gasteiger partial charge is 0.291 e. The first-order valence-electron chi connectivity index (χ1n) is 6.51. The number of nitrogens with zero attached hydrogens (tertiary/aromatic N) is 1. The highest BCUT2D eigenvalue weighted by atomic mass is 16.3. The van der Waals surface area contributed by atoms with Gasteiger partial charge in [-0.25, -0.2) is 0 Å². The largest absolute Gasteiger partial charge is 0.456 e. The lowest BCUT2D eigenvalue weighted by Gasteiger charge is -2.06. The summed E-state index contributed by atoms with van der Waals surface area (Å²) in [6.45, 7) is 1.98. The lowest BCUT2D eigenvalue weighted by Crippen LogP contribution is -2.11. The molecule has 0 unspecified atom stereocenters. The summed E-state index contributed by atoms with van der Waals surface area (Å²) in [5.41, 5.74) is 1.45. The van der Waals surface area contributed by atoms with E-state index in [9.17, 15) is 4.79 Å². The summed E-state index contributed by atoms with van der Waals surface area (Å²) < 4.78 is 5.45. The minimum absolute atomic E-state index is 0.261. The third-order valence-electron chi connectivity index (χ3n) is 3.11. The summed E-state index contributed by atoms with van der Waals surface area (Å²) in [6, 6.07) is 13.0. The quantitative estimate of drug-likeness (QED) is 0.787. The molecule has 4 heteroatoms. The highest BCUT2D eigenvalue weighted by Crippen LogP contribution is 2.21. The maximum absolute atomic E-state index is 12.2. The molecule has 1 aromatic carbocycles. The number of nitrogens with one attached hydrogen (secondary N) is 1. The molecule has 0 atom stereocenters. The molecule has 0 saturated heterocycles. The van der Waals surface area contributed by atoms with Gasteiger partial charge in [0.2, 0.25) is 0 Å². The van der Waals surface area contributed by atoms with Crippen LogP contribution in [0, 0.1) is 0 Å². The molecule has 3 rings (SSSR count). The first-order chi connectivity index (χ1) is 9.78. The summed E-state index contributed by atoms with van der Waals surface area (Å²) in [5, 5.41) is 3.83. The van der Waals surface area contributed by atoms with Crippen LogP contribution in [-0.4, -0.2) is 10.9 Å². The number of aryl methyl sites for hydroxylation is 1. The molecule has 0 aliphatic rings. The topological polar surface area (TPSA) is 55.1 Å². The SMILES string of the molecule is CCc1ccc(C(=O)Nc2cccc3cccnc23)o1. The Kier molecular flexibility index (Phi) is 3.21. The van der Waals surface area contributed by atoms with Gasteiger partial charge in [-0.05, 0) is 24.3 Å². The molecule has 2 aromatic heterocycles. The van der Waals surface area contributed by atoms with Crippen LogP contribution in [-0.2, 0) is 6.42 Å². The van der Waals surface area contributed by atoms with Crippen molar-refractivity contribution < 1.29 is 9.21 Å². The van der Waals surface area contributed by atoms with E-state index in [2.05, 4.69) is 10.3 Å². The second-order valence-corrected chi connectivity index (χ2v) is 4.45. The molecule has 0 radical (unpaired) electrons. The number of anilines is 1. The number of fused-ring (bicyclic) bond motifs is 1. The zero-order valence-electron chi connectivity index (χ0n) is 11.1. The Labute approximate surface area is 116 Å². The van der Waals surface area contributed by atoms with Crippen LogP contribution in [0.1, 0.15) is 23.2 Å². The average molecular weight is 266 g/mol. The van der Waals surface area contributed by atoms with Gasteiger partial charge in [0, 0.05) is 18.0 Å². The van der Waals surface area contributed by atoms with E-state index in [0.717, 1.165) is 23.1 Å². The van der Waals surface area contributed by atoms with Crippen molar-refractivity contribution in [3.05, 3.63) is 60.2 Å². The van der Waals surface area contributed by atoms with Gasteiger partial charge in [-0.15, -0.1) is 0 Å². The van der Waals surface area contributed by atoms with Gasteiger partial charge >= 0.3 is 0 Å². The number of rotatable bonds is 3. The van der Waals surface area contributed by atoms with Gasteiger partial charge in [0.25, 0.3) is 5.91 Å². The van der Waals surface area contributed by atoms with Crippen molar-refractivity contribution >= 4 is 22.5 Å². The number of carbonyl (C=O) groups is 1. The maximum atomic E-state index is 12.2. The molecule has 0 aliphatic heterocycles. The van der Waals surface area contributed by atoms with Crippen LogP contribution in [0.4, 0.5) is 5.69 Å². The fourth-order valence-electron chi connectivity index (χ4n) is 2.08. The Morgan fingerprint density at radius 3 is 2.85 bits per heavy atom. The Bertz CT molecular complexity index is 757. The van der Waals surface area contributed by atoms with E-state index >= 15 is 0 Å². The molecular weight excluding hydrogens is 252 g/mol. The number of furan rings is 1. The van der Waals surface area contributed by atoms with Gasteiger partial charge in [0.1, 0.15) is 5.76 Å². The van der Waals surface area contributed by atoms with E-state index in [1.165, 1.54) is 0 Å². The summed E-state index contributed by atoms with van der Waals surface area (Å²) in [7, 11) is 0.